The van der Waals surface area contributed by atoms with Crippen molar-refractivity contribution in [2.75, 3.05) is 32.7 Å². The minimum atomic E-state index is -1.07. The number of hydrogen-bond donors (Lipinski definition) is 2. The number of aliphatic imine (C=N–C) groups is 1. The molecule has 0 unspecified atom stereocenters. The standard InChI is InChI=1S/C20H24F3N5O4/c1-12(9-30-2)17(32-20(24)27-10-21)6-13-5-14(3-4-15(13)23)28-19(29)16-7-26-18(8-25-16)31-11-22/h3-5,7-8,12,17H,6,9-11H2,1-2H3,(H2,24,27)(H,28,29)/t12-,17+/m1/s1. The van der Waals surface area contributed by atoms with E-state index in [1.165, 1.54) is 25.3 Å². The SMILES string of the molecule is COC[C@@H](C)[C@H](Cc1cc(NC(=O)c2cnc(OCF)cn2)ccc1F)OC(N)=NCF. The molecule has 0 spiro atoms. The Morgan fingerprint density at radius 2 is 2.06 bits per heavy atom. The first kappa shape index (κ1) is 24.9. The van der Waals surface area contributed by atoms with E-state index in [0.717, 1.165) is 12.4 Å². The van der Waals surface area contributed by atoms with E-state index >= 15 is 0 Å². The predicted molar refractivity (Wildman–Crippen MR) is 110 cm³/mol. The van der Waals surface area contributed by atoms with Crippen molar-refractivity contribution >= 4 is 17.6 Å². The van der Waals surface area contributed by atoms with Gasteiger partial charge in [0.15, 0.2) is 6.80 Å². The zero-order chi connectivity index (χ0) is 23.5. The van der Waals surface area contributed by atoms with Crippen LogP contribution in [0.3, 0.4) is 0 Å². The third kappa shape index (κ3) is 7.38. The van der Waals surface area contributed by atoms with Crippen LogP contribution < -0.4 is 15.8 Å². The first-order valence-electron chi connectivity index (χ1n) is 9.50. The molecule has 2 rings (SSSR count). The molecule has 3 N–H and O–H groups in total. The van der Waals surface area contributed by atoms with Gasteiger partial charge in [-0.3, -0.25) is 4.79 Å². The molecule has 1 aromatic carbocycles. The number of carbonyl (C=O) groups is 1. The number of carbonyl (C=O) groups excluding carboxylic acids is 1. The molecular formula is C20H24F3N5O4. The van der Waals surface area contributed by atoms with Crippen LogP contribution in [0.25, 0.3) is 0 Å². The summed E-state index contributed by atoms with van der Waals surface area (Å²) in [5.41, 5.74) is 6.02. The monoisotopic (exact) mass is 455 g/mol. The van der Waals surface area contributed by atoms with Gasteiger partial charge in [0.05, 0.1) is 19.0 Å². The van der Waals surface area contributed by atoms with Crippen LogP contribution in [0, 0.1) is 11.7 Å². The Balaban J connectivity index is 2.16. The number of rotatable bonds is 11. The number of halogens is 3. The number of nitrogens with zero attached hydrogens (tertiary/aromatic N) is 3. The molecule has 0 aliphatic carbocycles. The summed E-state index contributed by atoms with van der Waals surface area (Å²) in [5, 5.41) is 2.58. The number of methoxy groups -OCH3 is 1. The number of alkyl halides is 2. The molecule has 1 heterocycles. The predicted octanol–water partition coefficient (Wildman–Crippen LogP) is 2.63. The van der Waals surface area contributed by atoms with Gasteiger partial charge in [0, 0.05) is 25.1 Å². The summed E-state index contributed by atoms with van der Waals surface area (Å²) >= 11 is 0. The lowest BCUT2D eigenvalue weighted by atomic mass is 9.97. The van der Waals surface area contributed by atoms with E-state index in [9.17, 15) is 18.0 Å². The van der Waals surface area contributed by atoms with E-state index in [4.69, 9.17) is 15.2 Å². The largest absolute Gasteiger partial charge is 0.461 e. The van der Waals surface area contributed by atoms with Crippen LogP contribution >= 0.6 is 0 Å². The lowest BCUT2D eigenvalue weighted by molar-refractivity contribution is 0.0635. The fourth-order valence-electron chi connectivity index (χ4n) is 2.77. The summed E-state index contributed by atoms with van der Waals surface area (Å²) in [5.74, 6) is -1.44. The van der Waals surface area contributed by atoms with Gasteiger partial charge in [-0.15, -0.1) is 0 Å². The van der Waals surface area contributed by atoms with Crippen LogP contribution in [-0.4, -0.2) is 55.4 Å². The second-order valence-electron chi connectivity index (χ2n) is 6.66. The zero-order valence-corrected chi connectivity index (χ0v) is 17.6. The molecular weight excluding hydrogens is 431 g/mol. The highest BCUT2D eigenvalue weighted by molar-refractivity contribution is 6.02. The Hall–Kier alpha value is -3.41. The molecule has 2 aromatic rings. The van der Waals surface area contributed by atoms with Gasteiger partial charge in [-0.05, 0) is 23.8 Å². The number of hydrogen-bond acceptors (Lipinski definition) is 7. The summed E-state index contributed by atoms with van der Waals surface area (Å²) in [4.78, 5) is 23.3. The molecule has 0 aliphatic heterocycles. The fraction of sp³-hybridized carbons (Fsp3) is 0.400. The van der Waals surface area contributed by atoms with E-state index in [1.807, 2.05) is 0 Å². The van der Waals surface area contributed by atoms with E-state index in [0.29, 0.717) is 5.69 Å². The van der Waals surface area contributed by atoms with Crippen molar-refractivity contribution in [3.8, 4) is 5.88 Å². The van der Waals surface area contributed by atoms with Crippen molar-refractivity contribution in [2.45, 2.75) is 19.4 Å². The van der Waals surface area contributed by atoms with Gasteiger partial charge in [0.25, 0.3) is 11.9 Å². The van der Waals surface area contributed by atoms with Crippen LogP contribution in [0.4, 0.5) is 18.9 Å². The highest BCUT2D eigenvalue weighted by Gasteiger charge is 2.23. The number of ether oxygens (including phenoxy) is 3. The number of nitrogens with one attached hydrogen (secondary N) is 1. The number of aromatic nitrogens is 2. The topological polar surface area (TPSA) is 121 Å². The second-order valence-corrected chi connectivity index (χ2v) is 6.66. The van der Waals surface area contributed by atoms with Crippen molar-refractivity contribution in [1.29, 1.82) is 0 Å². The Morgan fingerprint density at radius 1 is 1.28 bits per heavy atom. The van der Waals surface area contributed by atoms with Crippen molar-refractivity contribution < 1.29 is 32.2 Å². The summed E-state index contributed by atoms with van der Waals surface area (Å²) in [7, 11) is 1.50. The number of anilines is 1. The molecule has 0 aliphatic rings. The summed E-state index contributed by atoms with van der Waals surface area (Å²) in [6, 6.07) is 3.63. The van der Waals surface area contributed by atoms with Crippen LogP contribution in [-0.2, 0) is 15.9 Å². The maximum absolute atomic E-state index is 14.5. The van der Waals surface area contributed by atoms with Gasteiger partial charge in [-0.25, -0.2) is 28.1 Å². The van der Waals surface area contributed by atoms with Crippen LogP contribution in [0.1, 0.15) is 23.0 Å². The maximum Gasteiger partial charge on any atom is 0.284 e. The molecule has 174 valence electrons. The van der Waals surface area contributed by atoms with E-state index < -0.39 is 31.5 Å². The van der Waals surface area contributed by atoms with Crippen LogP contribution in [0.15, 0.2) is 35.6 Å². The molecule has 2 atom stereocenters. The molecule has 0 saturated heterocycles. The van der Waals surface area contributed by atoms with Gasteiger partial charge >= 0.3 is 0 Å². The highest BCUT2D eigenvalue weighted by Crippen LogP contribution is 2.21. The van der Waals surface area contributed by atoms with Gasteiger partial charge in [0.1, 0.15) is 17.6 Å². The number of benzene rings is 1. The molecule has 32 heavy (non-hydrogen) atoms. The minimum absolute atomic E-state index is 0.0489. The quantitative estimate of drug-likeness (QED) is 0.304. The summed E-state index contributed by atoms with van der Waals surface area (Å²) in [6.45, 7) is -0.0315. The first-order chi connectivity index (χ1) is 15.4. The van der Waals surface area contributed by atoms with Gasteiger partial charge in [-0.1, -0.05) is 6.92 Å². The average Bonchev–Trinajstić information content (AvgIpc) is 2.76. The third-order valence-electron chi connectivity index (χ3n) is 4.34. The molecule has 0 bridgehead atoms. The van der Waals surface area contributed by atoms with Gasteiger partial charge in [-0.2, -0.15) is 0 Å². The zero-order valence-electron chi connectivity index (χ0n) is 17.6. The lowest BCUT2D eigenvalue weighted by Crippen LogP contribution is -2.33. The van der Waals surface area contributed by atoms with Gasteiger partial charge in [0.2, 0.25) is 12.7 Å². The Labute approximate surface area is 182 Å². The molecule has 1 aromatic heterocycles. The fourth-order valence-corrected chi connectivity index (χ4v) is 2.77. The highest BCUT2D eigenvalue weighted by atomic mass is 19.1. The van der Waals surface area contributed by atoms with Crippen molar-refractivity contribution in [3.63, 3.8) is 0 Å². The van der Waals surface area contributed by atoms with E-state index in [-0.39, 0.29) is 42.1 Å². The summed E-state index contributed by atoms with van der Waals surface area (Å²) in [6.07, 6.45) is 1.61. The second kappa shape index (κ2) is 12.4. The van der Waals surface area contributed by atoms with Gasteiger partial charge < -0.3 is 25.3 Å². The molecule has 12 heteroatoms. The maximum atomic E-state index is 14.5. The Bertz CT molecular complexity index is 915. The first-order valence-corrected chi connectivity index (χ1v) is 9.50. The Kier molecular flexibility index (Phi) is 9.67. The molecule has 0 radical (unpaired) electrons. The minimum Gasteiger partial charge on any atom is -0.461 e. The average molecular weight is 455 g/mol. The molecule has 9 nitrogen and oxygen atoms in total. The van der Waals surface area contributed by atoms with E-state index in [1.54, 1.807) is 6.92 Å². The number of amides is 1. The van der Waals surface area contributed by atoms with Crippen molar-refractivity contribution in [2.24, 2.45) is 16.6 Å². The van der Waals surface area contributed by atoms with Crippen molar-refractivity contribution in [3.05, 3.63) is 47.7 Å². The lowest BCUT2D eigenvalue weighted by Gasteiger charge is -2.24. The van der Waals surface area contributed by atoms with E-state index in [2.05, 4.69) is 25.0 Å². The Morgan fingerprint density at radius 3 is 2.69 bits per heavy atom. The molecule has 0 saturated carbocycles. The third-order valence-corrected chi connectivity index (χ3v) is 4.34. The smallest absolute Gasteiger partial charge is 0.284 e. The summed E-state index contributed by atoms with van der Waals surface area (Å²) < 4.78 is 54.1. The number of amidine groups is 1. The molecule has 1 amide bonds. The normalized spacial score (nSPS) is 13.3. The van der Waals surface area contributed by atoms with Crippen LogP contribution in [0.5, 0.6) is 5.88 Å². The molecule has 0 fully saturated rings. The number of nitrogens with two attached hydrogens (primary N) is 1. The van der Waals surface area contributed by atoms with Crippen LogP contribution in [0.2, 0.25) is 0 Å². The van der Waals surface area contributed by atoms with Crippen molar-refractivity contribution in [1.82, 2.24) is 9.97 Å².